The van der Waals surface area contributed by atoms with Gasteiger partial charge in [0.05, 0.1) is 10.5 Å². The smallest absolute Gasteiger partial charge is 0.335 e. The normalized spacial score (nSPS) is 11.0. The topological polar surface area (TPSA) is 113 Å². The minimum atomic E-state index is -3.93. The Balaban J connectivity index is 1.87. The number of halogens is 1. The van der Waals surface area contributed by atoms with E-state index in [9.17, 15) is 18.0 Å². The molecule has 0 aliphatic heterocycles. The maximum atomic E-state index is 12.8. The lowest BCUT2D eigenvalue weighted by atomic mass is 10.1. The molecule has 0 fully saturated rings. The van der Waals surface area contributed by atoms with Gasteiger partial charge in [-0.15, -0.1) is 0 Å². The standard InChI is InChI=1S/C21H17BrN2O5S/c1-13-5-6-14(20(25)23-18-4-2-3-15(11-18)21(26)27)12-19(13)30(28,29)24-17-9-7-16(22)8-10-17/h2-12,24H,1H3,(H,23,25)(H,26,27). The van der Waals surface area contributed by atoms with Crippen LogP contribution in [0.2, 0.25) is 0 Å². The molecule has 0 saturated heterocycles. The molecule has 30 heavy (non-hydrogen) atoms. The predicted octanol–water partition coefficient (Wildman–Crippen LogP) is 4.51. The predicted molar refractivity (Wildman–Crippen MR) is 117 cm³/mol. The molecule has 0 aliphatic rings. The van der Waals surface area contributed by atoms with Crippen molar-refractivity contribution in [1.82, 2.24) is 0 Å². The van der Waals surface area contributed by atoms with Gasteiger partial charge in [-0.1, -0.05) is 28.1 Å². The van der Waals surface area contributed by atoms with Gasteiger partial charge in [0.2, 0.25) is 0 Å². The number of aryl methyl sites for hydroxylation is 1. The molecule has 3 aromatic carbocycles. The fourth-order valence-electron chi connectivity index (χ4n) is 2.69. The second-order valence-corrected chi connectivity index (χ2v) is 9.00. The molecule has 3 N–H and O–H groups in total. The van der Waals surface area contributed by atoms with E-state index in [1.807, 2.05) is 0 Å². The van der Waals surface area contributed by atoms with E-state index in [1.165, 1.54) is 30.3 Å². The van der Waals surface area contributed by atoms with E-state index < -0.39 is 21.9 Å². The number of carboxylic acids is 1. The van der Waals surface area contributed by atoms with Crippen LogP contribution in [0.3, 0.4) is 0 Å². The first-order chi connectivity index (χ1) is 14.2. The molecule has 0 atom stereocenters. The third kappa shape index (κ3) is 5.05. The van der Waals surface area contributed by atoms with E-state index in [0.717, 1.165) is 4.47 Å². The van der Waals surface area contributed by atoms with Crippen molar-refractivity contribution < 1.29 is 23.1 Å². The van der Waals surface area contributed by atoms with Crippen LogP contribution in [0.4, 0.5) is 11.4 Å². The van der Waals surface area contributed by atoms with Crippen LogP contribution in [-0.2, 0) is 10.0 Å². The Morgan fingerprint density at radius 3 is 2.27 bits per heavy atom. The van der Waals surface area contributed by atoms with Crippen LogP contribution in [0.25, 0.3) is 0 Å². The number of sulfonamides is 1. The molecule has 0 radical (unpaired) electrons. The number of amides is 1. The summed E-state index contributed by atoms with van der Waals surface area (Å²) in [5.74, 6) is -1.67. The van der Waals surface area contributed by atoms with Crippen molar-refractivity contribution >= 4 is 49.2 Å². The third-order valence-corrected chi connectivity index (χ3v) is 6.26. The minimum absolute atomic E-state index is 0.0265. The van der Waals surface area contributed by atoms with Crippen LogP contribution in [0, 0.1) is 6.92 Å². The number of carbonyl (C=O) groups is 2. The number of nitrogens with one attached hydrogen (secondary N) is 2. The van der Waals surface area contributed by atoms with Gasteiger partial charge < -0.3 is 10.4 Å². The quantitative estimate of drug-likeness (QED) is 0.472. The Labute approximate surface area is 181 Å². The highest BCUT2D eigenvalue weighted by molar-refractivity contribution is 9.10. The fourth-order valence-corrected chi connectivity index (χ4v) is 4.29. The lowest BCUT2D eigenvalue weighted by Crippen LogP contribution is -2.17. The van der Waals surface area contributed by atoms with Gasteiger partial charge in [0.1, 0.15) is 0 Å². The second-order valence-electron chi connectivity index (χ2n) is 6.43. The minimum Gasteiger partial charge on any atom is -0.478 e. The Bertz CT molecular complexity index is 1220. The molecule has 3 rings (SSSR count). The third-order valence-electron chi connectivity index (χ3n) is 4.20. The molecule has 1 amide bonds. The molecule has 0 bridgehead atoms. The highest BCUT2D eigenvalue weighted by Gasteiger charge is 2.20. The molecular formula is C21H17BrN2O5S. The van der Waals surface area contributed by atoms with Crippen LogP contribution < -0.4 is 10.0 Å². The molecule has 0 saturated carbocycles. The van der Waals surface area contributed by atoms with Crippen LogP contribution in [0.15, 0.2) is 76.1 Å². The van der Waals surface area contributed by atoms with E-state index in [4.69, 9.17) is 5.11 Å². The first-order valence-electron chi connectivity index (χ1n) is 8.69. The first-order valence-corrected chi connectivity index (χ1v) is 11.0. The van der Waals surface area contributed by atoms with E-state index in [-0.39, 0.29) is 21.7 Å². The van der Waals surface area contributed by atoms with Crippen LogP contribution in [0.1, 0.15) is 26.3 Å². The second kappa shape index (κ2) is 8.68. The largest absolute Gasteiger partial charge is 0.478 e. The number of rotatable bonds is 6. The SMILES string of the molecule is Cc1ccc(C(=O)Nc2cccc(C(=O)O)c2)cc1S(=O)(=O)Nc1ccc(Br)cc1. The van der Waals surface area contributed by atoms with E-state index in [2.05, 4.69) is 26.0 Å². The fraction of sp³-hybridized carbons (Fsp3) is 0.0476. The van der Waals surface area contributed by atoms with Crippen molar-refractivity contribution in [2.75, 3.05) is 10.0 Å². The maximum absolute atomic E-state index is 12.8. The van der Waals surface area contributed by atoms with Gasteiger partial charge in [0.25, 0.3) is 15.9 Å². The zero-order valence-electron chi connectivity index (χ0n) is 15.7. The van der Waals surface area contributed by atoms with Crippen LogP contribution in [-0.4, -0.2) is 25.4 Å². The van der Waals surface area contributed by atoms with Gasteiger partial charge in [0.15, 0.2) is 0 Å². The van der Waals surface area contributed by atoms with Crippen LogP contribution >= 0.6 is 15.9 Å². The maximum Gasteiger partial charge on any atom is 0.335 e. The van der Waals surface area contributed by atoms with Gasteiger partial charge in [-0.25, -0.2) is 13.2 Å². The zero-order chi connectivity index (χ0) is 21.9. The summed E-state index contributed by atoms with van der Waals surface area (Å²) in [6, 6.07) is 16.8. The molecular weight excluding hydrogens is 472 g/mol. The highest BCUT2D eigenvalue weighted by Crippen LogP contribution is 2.23. The number of aromatic carboxylic acids is 1. The molecule has 0 heterocycles. The molecule has 0 aliphatic carbocycles. The Morgan fingerprint density at radius 2 is 1.60 bits per heavy atom. The first kappa shape index (κ1) is 21.5. The van der Waals surface area contributed by atoms with Crippen molar-refractivity contribution in [3.8, 4) is 0 Å². The molecule has 154 valence electrons. The summed E-state index contributed by atoms with van der Waals surface area (Å²) in [5.41, 5.74) is 1.30. The lowest BCUT2D eigenvalue weighted by molar-refractivity contribution is 0.0696. The van der Waals surface area contributed by atoms with E-state index >= 15 is 0 Å². The number of hydrogen-bond donors (Lipinski definition) is 3. The van der Waals surface area contributed by atoms with Gasteiger partial charge in [-0.05, 0) is 67.1 Å². The van der Waals surface area contributed by atoms with Gasteiger partial charge in [0, 0.05) is 21.4 Å². The summed E-state index contributed by atoms with van der Waals surface area (Å²) in [4.78, 5) is 23.7. The highest BCUT2D eigenvalue weighted by atomic mass is 79.9. The molecule has 9 heteroatoms. The molecule has 0 unspecified atom stereocenters. The van der Waals surface area contributed by atoms with Crippen molar-refractivity contribution in [3.05, 3.63) is 87.9 Å². The van der Waals surface area contributed by atoms with Gasteiger partial charge >= 0.3 is 5.97 Å². The Kier molecular flexibility index (Phi) is 6.23. The van der Waals surface area contributed by atoms with Gasteiger partial charge in [-0.3, -0.25) is 9.52 Å². The summed E-state index contributed by atoms with van der Waals surface area (Å²) in [6.07, 6.45) is 0. The summed E-state index contributed by atoms with van der Waals surface area (Å²) in [7, 11) is -3.93. The van der Waals surface area contributed by atoms with Crippen molar-refractivity contribution in [1.29, 1.82) is 0 Å². The average Bonchev–Trinajstić information content (AvgIpc) is 2.70. The Hall–Kier alpha value is -3.17. The lowest BCUT2D eigenvalue weighted by Gasteiger charge is -2.12. The monoisotopic (exact) mass is 488 g/mol. The molecule has 7 nitrogen and oxygen atoms in total. The van der Waals surface area contributed by atoms with Crippen molar-refractivity contribution in [2.24, 2.45) is 0 Å². The summed E-state index contributed by atoms with van der Waals surface area (Å²) >= 11 is 3.29. The number of carbonyl (C=O) groups excluding carboxylic acids is 1. The van der Waals surface area contributed by atoms with E-state index in [0.29, 0.717) is 11.3 Å². The van der Waals surface area contributed by atoms with Crippen LogP contribution in [0.5, 0.6) is 0 Å². The number of hydrogen-bond acceptors (Lipinski definition) is 4. The number of carboxylic acid groups (broad SMARTS) is 1. The Morgan fingerprint density at radius 1 is 0.900 bits per heavy atom. The molecule has 0 aromatic heterocycles. The molecule has 3 aromatic rings. The van der Waals surface area contributed by atoms with Crippen molar-refractivity contribution in [2.45, 2.75) is 11.8 Å². The van der Waals surface area contributed by atoms with E-state index in [1.54, 1.807) is 43.3 Å². The zero-order valence-corrected chi connectivity index (χ0v) is 18.1. The average molecular weight is 489 g/mol. The summed E-state index contributed by atoms with van der Waals surface area (Å²) in [5, 5.41) is 11.6. The number of anilines is 2. The number of benzene rings is 3. The van der Waals surface area contributed by atoms with Gasteiger partial charge in [-0.2, -0.15) is 0 Å². The molecule has 0 spiro atoms. The summed E-state index contributed by atoms with van der Waals surface area (Å²) in [6.45, 7) is 1.63. The summed E-state index contributed by atoms with van der Waals surface area (Å²) < 4.78 is 29.0. The van der Waals surface area contributed by atoms with Crippen molar-refractivity contribution in [3.63, 3.8) is 0 Å².